The summed E-state index contributed by atoms with van der Waals surface area (Å²) in [6.45, 7) is 1.77. The molecule has 2 amide bonds. The van der Waals surface area contributed by atoms with Gasteiger partial charge in [0.15, 0.2) is 16.8 Å². The van der Waals surface area contributed by atoms with E-state index in [0.29, 0.717) is 24.8 Å². The molecule has 3 heterocycles. The largest absolute Gasteiger partial charge is 0.324 e. The van der Waals surface area contributed by atoms with Crippen LogP contribution in [-0.4, -0.2) is 37.2 Å². The Bertz CT molecular complexity index is 972. The number of rotatable bonds is 2. The third-order valence-corrected chi connectivity index (χ3v) is 6.45. The van der Waals surface area contributed by atoms with Crippen molar-refractivity contribution in [3.05, 3.63) is 46.7 Å². The minimum atomic E-state index is -0.112. The van der Waals surface area contributed by atoms with Gasteiger partial charge in [-0.2, -0.15) is 0 Å². The summed E-state index contributed by atoms with van der Waals surface area (Å²) < 4.78 is 2.10. The first kappa shape index (κ1) is 17.4. The molecule has 1 N–H and O–H groups in total. The summed E-state index contributed by atoms with van der Waals surface area (Å²) >= 11 is 1.63. The van der Waals surface area contributed by atoms with E-state index in [4.69, 9.17) is 0 Å². The number of hydrogen-bond acceptors (Lipinski definition) is 5. The highest BCUT2D eigenvalue weighted by atomic mass is 32.1. The fraction of sp³-hybridized carbons (Fsp3) is 0.400. The minimum Gasteiger partial charge on any atom is -0.315 e. The van der Waals surface area contributed by atoms with Gasteiger partial charge in [-0.1, -0.05) is 36.8 Å². The molecule has 0 fully saturated rings. The quantitative estimate of drug-likeness (QED) is 0.672. The van der Waals surface area contributed by atoms with Crippen LogP contribution in [0.2, 0.25) is 0 Å². The fourth-order valence-electron chi connectivity index (χ4n) is 3.88. The number of fused-ring (bicyclic) bond motifs is 2. The van der Waals surface area contributed by atoms with Crippen LogP contribution in [0.4, 0.5) is 9.93 Å². The lowest BCUT2D eigenvalue weighted by Crippen LogP contribution is -2.41. The number of aromatic nitrogens is 4. The van der Waals surface area contributed by atoms with Gasteiger partial charge in [-0.15, -0.1) is 21.5 Å². The first-order chi connectivity index (χ1) is 13.8. The highest BCUT2D eigenvalue weighted by Gasteiger charge is 2.26. The first-order valence-electron chi connectivity index (χ1n) is 9.80. The molecule has 144 valence electrons. The highest BCUT2D eigenvalue weighted by molar-refractivity contribution is 7.15. The number of amides is 2. The molecule has 0 saturated heterocycles. The Balaban J connectivity index is 1.29. The van der Waals surface area contributed by atoms with Gasteiger partial charge in [0.25, 0.3) is 0 Å². The van der Waals surface area contributed by atoms with Crippen molar-refractivity contribution in [3.8, 4) is 11.4 Å². The average Bonchev–Trinajstić information content (AvgIpc) is 3.25. The normalized spacial score (nSPS) is 16.2. The number of carbonyl (C=O) groups excluding carboxylic acids is 1. The van der Waals surface area contributed by atoms with E-state index in [9.17, 15) is 4.79 Å². The van der Waals surface area contributed by atoms with Crippen LogP contribution >= 0.6 is 11.3 Å². The molecule has 7 nitrogen and oxygen atoms in total. The molecule has 8 heteroatoms. The van der Waals surface area contributed by atoms with Gasteiger partial charge in [-0.25, -0.2) is 9.78 Å². The zero-order chi connectivity index (χ0) is 18.9. The number of thiazole rings is 1. The molecule has 0 radical (unpaired) electrons. The first-order valence-corrected chi connectivity index (χ1v) is 10.6. The number of nitrogens with zero attached hydrogens (tertiary/aromatic N) is 5. The zero-order valence-corrected chi connectivity index (χ0v) is 16.4. The Morgan fingerprint density at radius 1 is 1.04 bits per heavy atom. The number of benzene rings is 1. The van der Waals surface area contributed by atoms with Crippen molar-refractivity contribution in [1.29, 1.82) is 0 Å². The third kappa shape index (κ3) is 3.28. The van der Waals surface area contributed by atoms with Crippen molar-refractivity contribution in [2.45, 2.75) is 45.2 Å². The summed E-state index contributed by atoms with van der Waals surface area (Å²) in [5, 5.41) is 12.4. The molecule has 0 atom stereocenters. The van der Waals surface area contributed by atoms with Crippen LogP contribution in [0.5, 0.6) is 0 Å². The van der Waals surface area contributed by atoms with Gasteiger partial charge in [0, 0.05) is 23.5 Å². The number of aryl methyl sites for hydroxylation is 2. The minimum absolute atomic E-state index is 0.112. The summed E-state index contributed by atoms with van der Waals surface area (Å²) in [6.07, 6.45) is 5.78. The lowest BCUT2D eigenvalue weighted by atomic mass is 10.2. The van der Waals surface area contributed by atoms with Crippen LogP contribution in [0.15, 0.2) is 30.3 Å². The van der Waals surface area contributed by atoms with Crippen LogP contribution < -0.4 is 5.32 Å². The number of urea groups is 1. The summed E-state index contributed by atoms with van der Waals surface area (Å²) in [5.74, 6) is 1.68. The van der Waals surface area contributed by atoms with Crippen LogP contribution in [-0.2, 0) is 25.9 Å². The summed E-state index contributed by atoms with van der Waals surface area (Å²) in [6, 6.07) is 9.93. The molecule has 1 aliphatic heterocycles. The smallest absolute Gasteiger partial charge is 0.315 e. The van der Waals surface area contributed by atoms with E-state index >= 15 is 0 Å². The summed E-state index contributed by atoms with van der Waals surface area (Å²) in [4.78, 5) is 20.5. The van der Waals surface area contributed by atoms with Crippen LogP contribution in [0, 0.1) is 0 Å². The summed E-state index contributed by atoms with van der Waals surface area (Å²) in [5.41, 5.74) is 2.21. The molecular formula is C20H22N6OS. The maximum absolute atomic E-state index is 12.8. The van der Waals surface area contributed by atoms with E-state index in [2.05, 4.69) is 25.1 Å². The van der Waals surface area contributed by atoms with Gasteiger partial charge >= 0.3 is 6.03 Å². The van der Waals surface area contributed by atoms with E-state index in [1.807, 2.05) is 30.3 Å². The van der Waals surface area contributed by atoms with Gasteiger partial charge in [-0.05, 0) is 25.7 Å². The Morgan fingerprint density at radius 3 is 2.79 bits per heavy atom. The highest BCUT2D eigenvalue weighted by Crippen LogP contribution is 2.29. The molecule has 3 aromatic rings. The number of carbonyl (C=O) groups is 1. The molecule has 1 aromatic carbocycles. The van der Waals surface area contributed by atoms with E-state index in [-0.39, 0.29) is 6.03 Å². The van der Waals surface area contributed by atoms with Crippen molar-refractivity contribution >= 4 is 22.5 Å². The number of nitrogens with one attached hydrogen (secondary N) is 1. The van der Waals surface area contributed by atoms with Crippen LogP contribution in [0.1, 0.15) is 35.7 Å². The van der Waals surface area contributed by atoms with Gasteiger partial charge in [-0.3, -0.25) is 5.32 Å². The summed E-state index contributed by atoms with van der Waals surface area (Å²) in [7, 11) is 0. The molecular weight excluding hydrogens is 372 g/mol. The lowest BCUT2D eigenvalue weighted by molar-refractivity contribution is 0.196. The van der Waals surface area contributed by atoms with E-state index in [1.54, 1.807) is 16.2 Å². The Hall–Kier alpha value is -2.74. The lowest BCUT2D eigenvalue weighted by Gasteiger charge is -2.27. The van der Waals surface area contributed by atoms with Crippen molar-refractivity contribution in [2.75, 3.05) is 11.9 Å². The molecule has 5 rings (SSSR count). The second-order valence-electron chi connectivity index (χ2n) is 7.26. The Labute approximate surface area is 167 Å². The standard InChI is InChI=1S/C20H22N6OS/c27-20(22-19-21-15-9-5-2-6-10-16(15)28-19)25-11-12-26-17(13-25)23-24-18(26)14-7-3-1-4-8-14/h1,3-4,7-8H,2,5-6,9-13H2,(H,21,22,27). The van der Waals surface area contributed by atoms with Gasteiger partial charge in [0.2, 0.25) is 0 Å². The van der Waals surface area contributed by atoms with E-state index < -0.39 is 0 Å². The molecule has 2 aromatic heterocycles. The van der Waals surface area contributed by atoms with Gasteiger partial charge < -0.3 is 9.47 Å². The number of hydrogen-bond donors (Lipinski definition) is 1. The molecule has 0 spiro atoms. The molecule has 0 saturated carbocycles. The van der Waals surface area contributed by atoms with Crippen molar-refractivity contribution in [2.24, 2.45) is 0 Å². The second-order valence-corrected chi connectivity index (χ2v) is 8.34. The Kier molecular flexibility index (Phi) is 4.56. The third-order valence-electron chi connectivity index (χ3n) is 5.38. The van der Waals surface area contributed by atoms with Crippen LogP contribution in [0.25, 0.3) is 11.4 Å². The van der Waals surface area contributed by atoms with Crippen molar-refractivity contribution in [1.82, 2.24) is 24.6 Å². The second kappa shape index (κ2) is 7.35. The maximum Gasteiger partial charge on any atom is 0.324 e. The predicted octanol–water partition coefficient (Wildman–Crippen LogP) is 3.72. The SMILES string of the molecule is O=C(Nc1nc2c(s1)CCCCC2)N1CCn2c(nnc2-c2ccccc2)C1. The maximum atomic E-state index is 12.8. The Morgan fingerprint density at radius 2 is 1.89 bits per heavy atom. The molecule has 0 bridgehead atoms. The molecule has 1 aliphatic carbocycles. The predicted molar refractivity (Wildman–Crippen MR) is 108 cm³/mol. The molecule has 2 aliphatic rings. The average molecular weight is 395 g/mol. The van der Waals surface area contributed by atoms with Crippen molar-refractivity contribution < 1.29 is 4.79 Å². The topological polar surface area (TPSA) is 75.9 Å². The van der Waals surface area contributed by atoms with Gasteiger partial charge in [0.1, 0.15) is 0 Å². The zero-order valence-electron chi connectivity index (χ0n) is 15.6. The van der Waals surface area contributed by atoms with Crippen molar-refractivity contribution in [3.63, 3.8) is 0 Å². The fourth-order valence-corrected chi connectivity index (χ4v) is 4.92. The number of anilines is 1. The van der Waals surface area contributed by atoms with Crippen LogP contribution in [0.3, 0.4) is 0 Å². The van der Waals surface area contributed by atoms with E-state index in [0.717, 1.165) is 30.1 Å². The van der Waals surface area contributed by atoms with E-state index in [1.165, 1.54) is 29.8 Å². The van der Waals surface area contributed by atoms with Gasteiger partial charge in [0.05, 0.1) is 12.2 Å². The molecule has 28 heavy (non-hydrogen) atoms. The molecule has 0 unspecified atom stereocenters. The monoisotopic (exact) mass is 394 g/mol.